The van der Waals surface area contributed by atoms with Crippen LogP contribution >= 0.6 is 0 Å². The van der Waals surface area contributed by atoms with Crippen molar-refractivity contribution < 1.29 is 8.42 Å². The van der Waals surface area contributed by atoms with E-state index in [1.54, 1.807) is 6.92 Å². The fourth-order valence-electron chi connectivity index (χ4n) is 1.48. The van der Waals surface area contributed by atoms with Crippen LogP contribution in [0.25, 0.3) is 0 Å². The van der Waals surface area contributed by atoms with Crippen molar-refractivity contribution in [3.8, 4) is 0 Å². The molecule has 1 unspecified atom stereocenters. The molecular formula is C12H19NO2S. The van der Waals surface area contributed by atoms with Crippen molar-refractivity contribution in [1.29, 1.82) is 0 Å². The van der Waals surface area contributed by atoms with Crippen molar-refractivity contribution in [2.24, 2.45) is 5.73 Å². The van der Waals surface area contributed by atoms with E-state index in [4.69, 9.17) is 5.73 Å². The van der Waals surface area contributed by atoms with Gasteiger partial charge in [-0.2, -0.15) is 0 Å². The SMILES string of the molecule is CCS(=O)(=O)CC(N)c1ccc(C)c(C)c1. The zero-order valence-corrected chi connectivity index (χ0v) is 10.8. The third-order valence-corrected chi connectivity index (χ3v) is 4.58. The number of rotatable bonds is 4. The normalized spacial score (nSPS) is 13.8. The van der Waals surface area contributed by atoms with Crippen LogP contribution in [-0.2, 0) is 9.84 Å². The maximum Gasteiger partial charge on any atom is 0.151 e. The fraction of sp³-hybridized carbons (Fsp3) is 0.500. The second-order valence-electron chi connectivity index (χ2n) is 4.15. The van der Waals surface area contributed by atoms with Crippen molar-refractivity contribution in [3.05, 3.63) is 34.9 Å². The number of benzene rings is 1. The van der Waals surface area contributed by atoms with Gasteiger partial charge in [0.2, 0.25) is 0 Å². The summed E-state index contributed by atoms with van der Waals surface area (Å²) >= 11 is 0. The van der Waals surface area contributed by atoms with Gasteiger partial charge in [0.05, 0.1) is 5.75 Å². The molecule has 0 amide bonds. The Hall–Kier alpha value is -0.870. The van der Waals surface area contributed by atoms with Crippen molar-refractivity contribution in [1.82, 2.24) is 0 Å². The molecule has 0 heterocycles. The number of aryl methyl sites for hydroxylation is 2. The topological polar surface area (TPSA) is 60.2 Å². The quantitative estimate of drug-likeness (QED) is 0.873. The molecule has 0 aromatic heterocycles. The van der Waals surface area contributed by atoms with Crippen LogP contribution in [0.1, 0.15) is 29.7 Å². The van der Waals surface area contributed by atoms with Crippen molar-refractivity contribution in [2.45, 2.75) is 26.8 Å². The summed E-state index contributed by atoms with van der Waals surface area (Å²) in [5, 5.41) is 0. The van der Waals surface area contributed by atoms with E-state index in [0.29, 0.717) is 0 Å². The molecule has 0 radical (unpaired) electrons. The summed E-state index contributed by atoms with van der Waals surface area (Å²) in [6, 6.07) is 5.41. The van der Waals surface area contributed by atoms with Crippen molar-refractivity contribution in [2.75, 3.05) is 11.5 Å². The largest absolute Gasteiger partial charge is 0.323 e. The van der Waals surface area contributed by atoms with Crippen LogP contribution in [0.4, 0.5) is 0 Å². The van der Waals surface area contributed by atoms with Gasteiger partial charge in [-0.15, -0.1) is 0 Å². The molecule has 3 nitrogen and oxygen atoms in total. The second-order valence-corrected chi connectivity index (χ2v) is 6.55. The maximum atomic E-state index is 11.5. The lowest BCUT2D eigenvalue weighted by Crippen LogP contribution is -2.22. The Labute approximate surface area is 97.6 Å². The van der Waals surface area contributed by atoms with Gasteiger partial charge < -0.3 is 5.73 Å². The Morgan fingerprint density at radius 1 is 1.25 bits per heavy atom. The predicted molar refractivity (Wildman–Crippen MR) is 67.2 cm³/mol. The molecule has 0 saturated heterocycles. The van der Waals surface area contributed by atoms with Crippen LogP contribution in [0.2, 0.25) is 0 Å². The van der Waals surface area contributed by atoms with E-state index >= 15 is 0 Å². The van der Waals surface area contributed by atoms with Gasteiger partial charge in [0, 0.05) is 11.8 Å². The molecule has 0 bridgehead atoms. The highest BCUT2D eigenvalue weighted by atomic mass is 32.2. The van der Waals surface area contributed by atoms with E-state index in [0.717, 1.165) is 11.1 Å². The summed E-state index contributed by atoms with van der Waals surface area (Å²) in [6.45, 7) is 5.66. The van der Waals surface area contributed by atoms with Crippen LogP contribution < -0.4 is 5.73 Å². The molecule has 16 heavy (non-hydrogen) atoms. The van der Waals surface area contributed by atoms with Crippen molar-refractivity contribution >= 4 is 9.84 Å². The van der Waals surface area contributed by atoms with Crippen LogP contribution in [0.5, 0.6) is 0 Å². The van der Waals surface area contributed by atoms with E-state index < -0.39 is 15.9 Å². The molecule has 2 N–H and O–H groups in total. The first-order valence-corrected chi connectivity index (χ1v) is 7.21. The predicted octanol–water partition coefficient (Wildman–Crippen LogP) is 1.74. The molecule has 90 valence electrons. The van der Waals surface area contributed by atoms with Gasteiger partial charge in [-0.05, 0) is 30.5 Å². The lowest BCUT2D eigenvalue weighted by atomic mass is 10.0. The lowest BCUT2D eigenvalue weighted by Gasteiger charge is -2.13. The third kappa shape index (κ3) is 3.32. The van der Waals surface area contributed by atoms with Gasteiger partial charge in [0.25, 0.3) is 0 Å². The Morgan fingerprint density at radius 2 is 1.88 bits per heavy atom. The molecule has 1 aromatic rings. The van der Waals surface area contributed by atoms with Gasteiger partial charge in [-0.25, -0.2) is 8.42 Å². The molecule has 1 rings (SSSR count). The van der Waals surface area contributed by atoms with E-state index in [-0.39, 0.29) is 11.5 Å². The summed E-state index contributed by atoms with van der Waals surface area (Å²) in [6.07, 6.45) is 0. The van der Waals surface area contributed by atoms with Gasteiger partial charge in [0.15, 0.2) is 9.84 Å². The van der Waals surface area contributed by atoms with Crippen LogP contribution in [0.15, 0.2) is 18.2 Å². The molecule has 0 aliphatic heterocycles. The molecule has 1 aromatic carbocycles. The van der Waals surface area contributed by atoms with E-state index in [1.807, 2.05) is 32.0 Å². The Balaban J connectivity index is 2.89. The molecule has 1 atom stereocenters. The van der Waals surface area contributed by atoms with Gasteiger partial charge in [-0.3, -0.25) is 0 Å². The highest BCUT2D eigenvalue weighted by Crippen LogP contribution is 2.17. The Kier molecular flexibility index (Phi) is 4.10. The second kappa shape index (κ2) is 4.97. The average Bonchev–Trinajstić information content (AvgIpc) is 2.21. The minimum atomic E-state index is -3.01. The first-order chi connectivity index (χ1) is 7.35. The van der Waals surface area contributed by atoms with Gasteiger partial charge >= 0.3 is 0 Å². The van der Waals surface area contributed by atoms with Crippen LogP contribution in [-0.4, -0.2) is 19.9 Å². The van der Waals surface area contributed by atoms with Gasteiger partial charge in [-0.1, -0.05) is 25.1 Å². The Morgan fingerprint density at radius 3 is 2.38 bits per heavy atom. The van der Waals surface area contributed by atoms with Crippen LogP contribution in [0, 0.1) is 13.8 Å². The standard InChI is InChI=1S/C12H19NO2S/c1-4-16(14,15)8-12(13)11-6-5-9(2)10(3)7-11/h5-7,12H,4,8,13H2,1-3H3. The number of hydrogen-bond acceptors (Lipinski definition) is 3. The first kappa shape index (κ1) is 13.2. The summed E-state index contributed by atoms with van der Waals surface area (Å²) < 4.78 is 22.9. The van der Waals surface area contributed by atoms with E-state index in [2.05, 4.69) is 0 Å². The minimum Gasteiger partial charge on any atom is -0.323 e. The number of nitrogens with two attached hydrogens (primary N) is 1. The molecular weight excluding hydrogens is 222 g/mol. The molecule has 0 spiro atoms. The summed E-state index contributed by atoms with van der Waals surface area (Å²) in [7, 11) is -3.01. The zero-order valence-electron chi connectivity index (χ0n) is 10.0. The van der Waals surface area contributed by atoms with E-state index in [1.165, 1.54) is 5.56 Å². The summed E-state index contributed by atoms with van der Waals surface area (Å²) in [4.78, 5) is 0. The highest BCUT2D eigenvalue weighted by molar-refractivity contribution is 7.91. The van der Waals surface area contributed by atoms with Crippen molar-refractivity contribution in [3.63, 3.8) is 0 Å². The number of hydrogen-bond donors (Lipinski definition) is 1. The molecule has 0 aliphatic carbocycles. The molecule has 0 fully saturated rings. The third-order valence-electron chi connectivity index (χ3n) is 2.83. The zero-order chi connectivity index (χ0) is 12.3. The van der Waals surface area contributed by atoms with Gasteiger partial charge in [0.1, 0.15) is 0 Å². The average molecular weight is 241 g/mol. The monoisotopic (exact) mass is 241 g/mol. The van der Waals surface area contributed by atoms with Crippen LogP contribution in [0.3, 0.4) is 0 Å². The molecule has 0 saturated carbocycles. The Bertz CT molecular complexity index is 466. The smallest absolute Gasteiger partial charge is 0.151 e. The minimum absolute atomic E-state index is 0.0198. The lowest BCUT2D eigenvalue weighted by molar-refractivity contribution is 0.590. The molecule has 0 aliphatic rings. The number of sulfone groups is 1. The first-order valence-electron chi connectivity index (χ1n) is 5.39. The molecule has 4 heteroatoms. The van der Waals surface area contributed by atoms with E-state index in [9.17, 15) is 8.42 Å². The maximum absolute atomic E-state index is 11.5. The summed E-state index contributed by atoms with van der Waals surface area (Å²) in [5.41, 5.74) is 9.12. The summed E-state index contributed by atoms with van der Waals surface area (Å²) in [5.74, 6) is 0.164. The highest BCUT2D eigenvalue weighted by Gasteiger charge is 2.15. The fourth-order valence-corrected chi connectivity index (χ4v) is 2.46.